The summed E-state index contributed by atoms with van der Waals surface area (Å²) in [4.78, 5) is 45.0. The van der Waals surface area contributed by atoms with Crippen molar-refractivity contribution in [2.24, 2.45) is 11.5 Å². The summed E-state index contributed by atoms with van der Waals surface area (Å²) in [7, 11) is 0. The second kappa shape index (κ2) is 63.5. The van der Waals surface area contributed by atoms with E-state index in [1.165, 1.54) is 0 Å². The van der Waals surface area contributed by atoms with Crippen LogP contribution in [-0.2, 0) is 24.0 Å². The van der Waals surface area contributed by atoms with E-state index in [0.29, 0.717) is 13.1 Å². The fourth-order valence-electron chi connectivity index (χ4n) is 0.329. The number of carbonyl (C=O) groups is 5. The van der Waals surface area contributed by atoms with E-state index in [1.807, 2.05) is 0 Å². The maximum Gasteiger partial charge on any atom is 2.00 e. The molecule has 0 amide bonds. The fourth-order valence-corrected chi connectivity index (χ4v) is 0.329. The molecule has 0 atom stereocenters. The fraction of sp³-hybridized carbons (Fsp3) is 0.643. The van der Waals surface area contributed by atoms with Gasteiger partial charge in [-0.25, -0.2) is 0 Å². The third-order valence-corrected chi connectivity index (χ3v) is 0.642. The van der Waals surface area contributed by atoms with Gasteiger partial charge in [0.05, 0.1) is 0 Å². The van der Waals surface area contributed by atoms with Crippen LogP contribution in [0.1, 0.15) is 41.8 Å². The minimum atomic E-state index is -0.833. The molecule has 0 radical (unpaired) electrons. The molecule has 0 saturated heterocycles. The van der Waals surface area contributed by atoms with Gasteiger partial charge < -0.3 is 49.4 Å². The van der Waals surface area contributed by atoms with Crippen molar-refractivity contribution in [1.29, 1.82) is 0 Å². The number of aliphatic carboxylic acids is 5. The van der Waals surface area contributed by atoms with E-state index in [-0.39, 0.29) is 145 Å². The van der Waals surface area contributed by atoms with Crippen molar-refractivity contribution in [1.82, 2.24) is 5.32 Å². The first-order valence-electron chi connectivity index (χ1n) is 7.16. The molecule has 10 N–H and O–H groups in total. The zero-order chi connectivity index (χ0) is 23.4. The van der Waals surface area contributed by atoms with Crippen LogP contribution in [0.25, 0.3) is 0 Å². The zero-order valence-corrected chi connectivity index (χ0v) is 30.4. The van der Waals surface area contributed by atoms with Crippen LogP contribution < -0.4 is 105 Å². The van der Waals surface area contributed by atoms with Crippen molar-refractivity contribution in [2.45, 2.75) is 34.6 Å². The van der Waals surface area contributed by atoms with Gasteiger partial charge in [0.15, 0.2) is 0 Å². The molecule has 13 nitrogen and oxygen atoms in total. The molecule has 0 heterocycles. The summed E-state index contributed by atoms with van der Waals surface area (Å²) in [6.45, 7) is 8.55. The Bertz CT molecular complexity index is 324. The molecule has 0 spiro atoms. The quantitative estimate of drug-likeness (QED) is 0.108. The van der Waals surface area contributed by atoms with E-state index < -0.39 is 29.8 Å². The summed E-state index contributed by atoms with van der Waals surface area (Å²) in [6, 6.07) is 0. The standard InChI is InChI=1S/C4H13N3.5C2H4O2.Ba.3Na.5H/c5-1-3-7-4-2-6;5*1-2(3)4;;;;;;;;;/h7H,1-6H2;5*1H3,(H,3,4);;;;;;;;;/q;;;;;;+2;3*+1;5*-1. The summed E-state index contributed by atoms with van der Waals surface area (Å²) in [5.74, 6) is -4.17. The molecule has 0 aromatic heterocycles. The van der Waals surface area contributed by atoms with Gasteiger partial charge in [0, 0.05) is 60.8 Å². The third-order valence-electron chi connectivity index (χ3n) is 0.642. The van der Waals surface area contributed by atoms with Crippen LogP contribution in [0.2, 0.25) is 0 Å². The number of nitrogens with two attached hydrogens (primary N) is 2. The van der Waals surface area contributed by atoms with Crippen LogP contribution in [0.3, 0.4) is 0 Å². The van der Waals surface area contributed by atoms with E-state index in [1.54, 1.807) is 0 Å². The van der Waals surface area contributed by atoms with Crippen molar-refractivity contribution >= 4 is 78.7 Å². The number of carboxylic acid groups (broad SMARTS) is 5. The average molecular weight is 615 g/mol. The summed E-state index contributed by atoms with van der Waals surface area (Å²) in [5.41, 5.74) is 10.3. The minimum absolute atomic E-state index is 0. The second-order valence-corrected chi connectivity index (χ2v) is 3.92. The Morgan fingerprint density at radius 2 is 0.677 bits per heavy atom. The number of hydrogen-bond acceptors (Lipinski definition) is 8. The summed E-state index contributed by atoms with van der Waals surface area (Å²) in [5, 5.41) is 40.1. The van der Waals surface area contributed by atoms with Gasteiger partial charge in [0.25, 0.3) is 29.8 Å². The molecule has 0 aromatic carbocycles. The Hall–Kier alpha value is 1.80. The van der Waals surface area contributed by atoms with Crippen LogP contribution in [0, 0.1) is 0 Å². The van der Waals surface area contributed by atoms with Gasteiger partial charge in [-0.3, -0.25) is 24.0 Å². The molecular weight excluding hydrogens is 576 g/mol. The van der Waals surface area contributed by atoms with Crippen molar-refractivity contribution in [3.8, 4) is 0 Å². The monoisotopic (exact) mass is 615 g/mol. The molecule has 0 unspecified atom stereocenters. The van der Waals surface area contributed by atoms with Gasteiger partial charge in [-0.05, 0) is 0 Å². The minimum Gasteiger partial charge on any atom is -1.00 e. The number of rotatable bonds is 4. The molecule has 0 saturated carbocycles. The first-order chi connectivity index (χ1) is 12.1. The molecule has 0 aliphatic heterocycles. The van der Waals surface area contributed by atoms with Gasteiger partial charge in [0.2, 0.25) is 0 Å². The zero-order valence-electron chi connectivity index (χ0n) is 25.0. The molecule has 31 heavy (non-hydrogen) atoms. The Morgan fingerprint density at radius 3 is 0.742 bits per heavy atom. The molecular formula is C14H38BaN3Na3O10. The summed E-state index contributed by atoms with van der Waals surface area (Å²) >= 11 is 0. The topological polar surface area (TPSA) is 251 Å². The Morgan fingerprint density at radius 1 is 0.581 bits per heavy atom. The SMILES string of the molecule is CC(=O)O.CC(=O)O.CC(=O)O.CC(=O)O.CC(=O)O.NCCNCCN.[Ba+2].[H-].[H-].[H-].[H-].[H-].[Na+].[Na+].[Na+]. The molecule has 0 rings (SSSR count). The molecule has 17 heteroatoms. The predicted molar refractivity (Wildman–Crippen MR) is 109 cm³/mol. The van der Waals surface area contributed by atoms with Crippen LogP contribution >= 0.6 is 0 Å². The molecule has 0 bridgehead atoms. The van der Waals surface area contributed by atoms with Gasteiger partial charge in [-0.1, -0.05) is 0 Å². The normalized spacial score (nSPS) is 6.16. The number of hydrogen-bond donors (Lipinski definition) is 8. The van der Waals surface area contributed by atoms with Gasteiger partial charge in [0.1, 0.15) is 0 Å². The number of carboxylic acids is 5. The number of nitrogens with one attached hydrogen (secondary N) is 1. The van der Waals surface area contributed by atoms with E-state index in [2.05, 4.69) is 5.32 Å². The van der Waals surface area contributed by atoms with E-state index in [4.69, 9.17) is 61.0 Å². The molecule has 174 valence electrons. The third kappa shape index (κ3) is 839. The predicted octanol–water partition coefficient (Wildman–Crippen LogP) is -9.86. The maximum absolute atomic E-state index is 9.00. The van der Waals surface area contributed by atoms with Crippen molar-refractivity contribution in [3.63, 3.8) is 0 Å². The Kier molecular flexibility index (Phi) is 131. The second-order valence-electron chi connectivity index (χ2n) is 3.92. The van der Waals surface area contributed by atoms with Crippen LogP contribution in [-0.4, -0.2) is 130 Å². The molecule has 0 aliphatic carbocycles. The van der Waals surface area contributed by atoms with Crippen LogP contribution in [0.5, 0.6) is 0 Å². The van der Waals surface area contributed by atoms with Gasteiger partial charge in [-0.15, -0.1) is 0 Å². The van der Waals surface area contributed by atoms with E-state index in [0.717, 1.165) is 47.7 Å². The van der Waals surface area contributed by atoms with Crippen molar-refractivity contribution in [3.05, 3.63) is 0 Å². The van der Waals surface area contributed by atoms with Gasteiger partial charge >= 0.3 is 138 Å². The van der Waals surface area contributed by atoms with Crippen molar-refractivity contribution in [2.75, 3.05) is 26.2 Å². The average Bonchev–Trinajstić information content (AvgIpc) is 2.35. The van der Waals surface area contributed by atoms with E-state index >= 15 is 0 Å². The largest absolute Gasteiger partial charge is 2.00 e. The molecule has 0 fully saturated rings. The summed E-state index contributed by atoms with van der Waals surface area (Å²) in [6.07, 6.45) is 0. The Balaban J connectivity index is -0.0000000109. The smallest absolute Gasteiger partial charge is 1.00 e. The molecule has 0 aromatic rings. The summed E-state index contributed by atoms with van der Waals surface area (Å²) < 4.78 is 0. The Labute approximate surface area is 297 Å². The van der Waals surface area contributed by atoms with E-state index in [9.17, 15) is 0 Å². The van der Waals surface area contributed by atoms with Crippen LogP contribution in [0.4, 0.5) is 0 Å². The first-order valence-corrected chi connectivity index (χ1v) is 7.16. The molecule has 0 aliphatic rings. The van der Waals surface area contributed by atoms with Crippen LogP contribution in [0.15, 0.2) is 0 Å². The van der Waals surface area contributed by atoms with Crippen molar-refractivity contribution < 1.29 is 145 Å². The first kappa shape index (κ1) is 63.8. The maximum atomic E-state index is 9.00. The van der Waals surface area contributed by atoms with Gasteiger partial charge in [-0.2, -0.15) is 0 Å².